The van der Waals surface area contributed by atoms with Crippen LogP contribution in [0.2, 0.25) is 0 Å². The van der Waals surface area contributed by atoms with Crippen molar-refractivity contribution in [1.29, 1.82) is 0 Å². The Kier molecular flexibility index (Phi) is 6.76. The van der Waals surface area contributed by atoms with Crippen molar-refractivity contribution in [2.75, 3.05) is 27.4 Å². The summed E-state index contributed by atoms with van der Waals surface area (Å²) in [5.74, 6) is 2.79. The van der Waals surface area contributed by atoms with Gasteiger partial charge in [-0.3, -0.25) is 0 Å². The molecule has 2 rings (SSSR count). The van der Waals surface area contributed by atoms with Crippen molar-refractivity contribution < 1.29 is 14.2 Å². The van der Waals surface area contributed by atoms with E-state index >= 15 is 0 Å². The number of ether oxygens (including phenoxy) is 3. The molecular weight excluding hydrogens is 290 g/mol. The molecule has 0 saturated carbocycles. The molecule has 0 aliphatic carbocycles. The second-order valence-electron chi connectivity index (χ2n) is 5.34. The zero-order valence-electron chi connectivity index (χ0n) is 13.8. The van der Waals surface area contributed by atoms with Gasteiger partial charge in [0.05, 0.1) is 20.8 Å². The van der Waals surface area contributed by atoms with Gasteiger partial charge in [-0.25, -0.2) is 0 Å². The molecule has 0 spiro atoms. The molecule has 0 aromatic heterocycles. The van der Waals surface area contributed by atoms with E-state index in [4.69, 9.17) is 19.9 Å². The zero-order chi connectivity index (χ0) is 16.5. The lowest BCUT2D eigenvalue weighted by Gasteiger charge is -2.19. The van der Waals surface area contributed by atoms with E-state index in [1.54, 1.807) is 14.2 Å². The molecule has 23 heavy (non-hydrogen) atoms. The Morgan fingerprint density at radius 2 is 1.74 bits per heavy atom. The Morgan fingerprint density at radius 1 is 0.957 bits per heavy atom. The molecule has 0 aliphatic heterocycles. The lowest BCUT2D eigenvalue weighted by atomic mass is 9.93. The molecule has 2 aromatic rings. The number of para-hydroxylation sites is 1. The molecule has 0 heterocycles. The molecule has 4 nitrogen and oxygen atoms in total. The molecule has 2 aromatic carbocycles. The maximum Gasteiger partial charge on any atom is 0.122 e. The second-order valence-corrected chi connectivity index (χ2v) is 5.34. The number of nitrogens with two attached hydrogens (primary N) is 1. The first-order chi connectivity index (χ1) is 11.3. The van der Waals surface area contributed by atoms with Gasteiger partial charge in [-0.2, -0.15) is 0 Å². The van der Waals surface area contributed by atoms with Gasteiger partial charge in [0.25, 0.3) is 0 Å². The number of benzene rings is 2. The molecule has 0 bridgehead atoms. The van der Waals surface area contributed by atoms with Crippen molar-refractivity contribution in [2.24, 2.45) is 5.73 Å². The van der Waals surface area contributed by atoms with Gasteiger partial charge in [0.2, 0.25) is 0 Å². The predicted octanol–water partition coefficient (Wildman–Crippen LogP) is 3.61. The fraction of sp³-hybridized carbons (Fsp3) is 0.368. The minimum Gasteiger partial charge on any atom is -0.497 e. The van der Waals surface area contributed by atoms with Crippen molar-refractivity contribution in [1.82, 2.24) is 0 Å². The van der Waals surface area contributed by atoms with Gasteiger partial charge in [0.15, 0.2) is 0 Å². The third kappa shape index (κ3) is 4.89. The number of methoxy groups -OCH3 is 2. The van der Waals surface area contributed by atoms with Gasteiger partial charge in [-0.05, 0) is 49.7 Å². The van der Waals surface area contributed by atoms with E-state index in [-0.39, 0.29) is 5.92 Å². The van der Waals surface area contributed by atoms with Gasteiger partial charge >= 0.3 is 0 Å². The standard InChI is InChI=1S/C19H25NO3/c1-21-17-10-11-19(22-2)18(13-17)15(14-20)7-6-12-23-16-8-4-3-5-9-16/h3-5,8-11,13,15H,6-7,12,14,20H2,1-2H3. The van der Waals surface area contributed by atoms with Crippen molar-refractivity contribution in [3.05, 3.63) is 54.1 Å². The van der Waals surface area contributed by atoms with Crippen LogP contribution in [0, 0.1) is 0 Å². The van der Waals surface area contributed by atoms with Crippen LogP contribution in [0.3, 0.4) is 0 Å². The van der Waals surface area contributed by atoms with Crippen LogP contribution in [0.1, 0.15) is 24.3 Å². The molecule has 0 fully saturated rings. The molecule has 124 valence electrons. The first kappa shape index (κ1) is 17.2. The fourth-order valence-electron chi connectivity index (χ4n) is 2.60. The highest BCUT2D eigenvalue weighted by molar-refractivity contribution is 5.42. The summed E-state index contributed by atoms with van der Waals surface area (Å²) in [6.45, 7) is 1.24. The second kappa shape index (κ2) is 9.06. The monoisotopic (exact) mass is 315 g/mol. The smallest absolute Gasteiger partial charge is 0.122 e. The summed E-state index contributed by atoms with van der Waals surface area (Å²) in [5.41, 5.74) is 7.07. The molecule has 0 saturated heterocycles. The molecule has 0 aliphatic rings. The van der Waals surface area contributed by atoms with Gasteiger partial charge in [-0.15, -0.1) is 0 Å². The molecule has 0 amide bonds. The van der Waals surface area contributed by atoms with E-state index in [1.165, 1.54) is 0 Å². The van der Waals surface area contributed by atoms with Crippen LogP contribution in [0.4, 0.5) is 0 Å². The average Bonchev–Trinajstić information content (AvgIpc) is 2.62. The Hall–Kier alpha value is -2.20. The van der Waals surface area contributed by atoms with Crippen molar-refractivity contribution in [3.8, 4) is 17.2 Å². The molecule has 0 radical (unpaired) electrons. The van der Waals surface area contributed by atoms with Gasteiger partial charge in [-0.1, -0.05) is 18.2 Å². The fourth-order valence-corrected chi connectivity index (χ4v) is 2.60. The zero-order valence-corrected chi connectivity index (χ0v) is 13.8. The Labute approximate surface area is 138 Å². The van der Waals surface area contributed by atoms with Crippen molar-refractivity contribution >= 4 is 0 Å². The van der Waals surface area contributed by atoms with E-state index < -0.39 is 0 Å². The van der Waals surface area contributed by atoms with E-state index in [2.05, 4.69) is 0 Å². The lowest BCUT2D eigenvalue weighted by molar-refractivity contribution is 0.300. The Morgan fingerprint density at radius 3 is 2.39 bits per heavy atom. The molecular formula is C19H25NO3. The molecule has 1 unspecified atom stereocenters. The third-order valence-corrected chi connectivity index (χ3v) is 3.87. The molecule has 2 N–H and O–H groups in total. The maximum absolute atomic E-state index is 5.98. The average molecular weight is 315 g/mol. The van der Waals surface area contributed by atoms with E-state index in [0.29, 0.717) is 13.2 Å². The maximum atomic E-state index is 5.98. The van der Waals surface area contributed by atoms with Crippen LogP contribution in [0.15, 0.2) is 48.5 Å². The summed E-state index contributed by atoms with van der Waals surface area (Å²) in [6.07, 6.45) is 1.87. The van der Waals surface area contributed by atoms with Crippen LogP contribution in [0.5, 0.6) is 17.2 Å². The minimum atomic E-state index is 0.222. The van der Waals surface area contributed by atoms with Gasteiger partial charge < -0.3 is 19.9 Å². The minimum absolute atomic E-state index is 0.222. The Bertz CT molecular complexity index is 586. The normalized spacial score (nSPS) is 11.8. The summed E-state index contributed by atoms with van der Waals surface area (Å²) in [5, 5.41) is 0. The third-order valence-electron chi connectivity index (χ3n) is 3.87. The first-order valence-electron chi connectivity index (χ1n) is 7.88. The van der Waals surface area contributed by atoms with E-state index in [1.807, 2.05) is 48.5 Å². The molecule has 4 heteroatoms. The summed E-state index contributed by atoms with van der Waals surface area (Å²) in [6, 6.07) is 15.7. The summed E-state index contributed by atoms with van der Waals surface area (Å²) >= 11 is 0. The van der Waals surface area contributed by atoms with Crippen LogP contribution in [0.25, 0.3) is 0 Å². The number of hydrogen-bond acceptors (Lipinski definition) is 4. The van der Waals surface area contributed by atoms with Crippen molar-refractivity contribution in [3.63, 3.8) is 0 Å². The van der Waals surface area contributed by atoms with E-state index in [9.17, 15) is 0 Å². The van der Waals surface area contributed by atoms with Crippen molar-refractivity contribution in [2.45, 2.75) is 18.8 Å². The molecule has 1 atom stereocenters. The van der Waals surface area contributed by atoms with Gasteiger partial charge in [0, 0.05) is 11.5 Å². The van der Waals surface area contributed by atoms with E-state index in [0.717, 1.165) is 35.7 Å². The first-order valence-corrected chi connectivity index (χ1v) is 7.88. The SMILES string of the molecule is COc1ccc(OC)c(C(CN)CCCOc2ccccc2)c1. The summed E-state index contributed by atoms with van der Waals surface area (Å²) in [4.78, 5) is 0. The van der Waals surface area contributed by atoms with Crippen LogP contribution in [-0.4, -0.2) is 27.4 Å². The summed E-state index contributed by atoms with van der Waals surface area (Å²) in [7, 11) is 3.34. The van der Waals surface area contributed by atoms with Gasteiger partial charge in [0.1, 0.15) is 17.2 Å². The largest absolute Gasteiger partial charge is 0.497 e. The highest BCUT2D eigenvalue weighted by Crippen LogP contribution is 2.32. The lowest BCUT2D eigenvalue weighted by Crippen LogP contribution is -2.15. The highest BCUT2D eigenvalue weighted by atomic mass is 16.5. The van der Waals surface area contributed by atoms with Crippen LogP contribution >= 0.6 is 0 Å². The quantitative estimate of drug-likeness (QED) is 0.718. The Balaban J connectivity index is 1.94. The summed E-state index contributed by atoms with van der Waals surface area (Å²) < 4.78 is 16.5. The predicted molar refractivity (Wildman–Crippen MR) is 92.5 cm³/mol. The van der Waals surface area contributed by atoms with Crippen LogP contribution < -0.4 is 19.9 Å². The van der Waals surface area contributed by atoms with Crippen LogP contribution in [-0.2, 0) is 0 Å². The topological polar surface area (TPSA) is 53.7 Å². The highest BCUT2D eigenvalue weighted by Gasteiger charge is 2.16. The number of rotatable bonds is 9. The number of hydrogen-bond donors (Lipinski definition) is 1.